The van der Waals surface area contributed by atoms with Crippen LogP contribution in [0.25, 0.3) is 0 Å². The molecular weight excluding hydrogens is 500 g/mol. The van der Waals surface area contributed by atoms with Crippen LogP contribution in [-0.4, -0.2) is 49.2 Å². The molecule has 0 bridgehead atoms. The standard InChI is InChI=1S/C28H22N6O5/c1-34(2)27(36)18-7-6-10-20(13-18)39-28-32-25-24(31-23(35)16-30-25)26(33-28)38-22-12-17(15-29)11-21(14-22)37-19-8-4-3-5-9-19/h3-14H,16H2,1-2H3,(H,31,35)(H,30,32,33). The lowest BCUT2D eigenvalue weighted by atomic mass is 10.2. The molecule has 0 unspecified atom stereocenters. The summed E-state index contributed by atoms with van der Waals surface area (Å²) >= 11 is 0. The molecule has 2 amide bonds. The minimum absolute atomic E-state index is 0.00954. The molecule has 5 rings (SSSR count). The number of benzene rings is 3. The number of carbonyl (C=O) groups excluding carboxylic acids is 2. The number of amidine groups is 2. The summed E-state index contributed by atoms with van der Waals surface area (Å²) in [6, 6.07) is 22.5. The fourth-order valence-corrected chi connectivity index (χ4v) is 3.68. The zero-order chi connectivity index (χ0) is 27.4. The van der Waals surface area contributed by atoms with Gasteiger partial charge in [-0.1, -0.05) is 24.3 Å². The Morgan fingerprint density at radius 3 is 2.38 bits per heavy atom. The number of amides is 2. The summed E-state index contributed by atoms with van der Waals surface area (Å²) in [4.78, 5) is 34.6. The van der Waals surface area contributed by atoms with Crippen molar-refractivity contribution < 1.29 is 23.8 Å². The number of fused-ring (bicyclic) bond motifs is 1. The van der Waals surface area contributed by atoms with Gasteiger partial charge in [-0.2, -0.15) is 10.3 Å². The molecule has 11 heteroatoms. The number of nitrogens with zero attached hydrogens (tertiary/aromatic N) is 4. The molecule has 0 spiro atoms. The molecule has 0 saturated heterocycles. The fraction of sp³-hybridized carbons (Fsp3) is 0.107. The minimum atomic E-state index is -0.343. The summed E-state index contributed by atoms with van der Waals surface area (Å²) in [7, 11) is 3.32. The second-order valence-corrected chi connectivity index (χ2v) is 8.59. The van der Waals surface area contributed by atoms with E-state index in [1.807, 2.05) is 18.2 Å². The van der Waals surface area contributed by atoms with Gasteiger partial charge >= 0.3 is 6.02 Å². The average molecular weight is 523 g/mol. The van der Waals surface area contributed by atoms with Crippen molar-refractivity contribution in [2.24, 2.45) is 9.98 Å². The van der Waals surface area contributed by atoms with Crippen LogP contribution in [0.2, 0.25) is 0 Å². The second kappa shape index (κ2) is 10.8. The number of ether oxygens (including phenoxy) is 3. The van der Waals surface area contributed by atoms with Crippen molar-refractivity contribution in [3.63, 3.8) is 0 Å². The Morgan fingerprint density at radius 2 is 1.64 bits per heavy atom. The summed E-state index contributed by atoms with van der Waals surface area (Å²) in [5, 5.41) is 15.2. The lowest BCUT2D eigenvalue weighted by molar-refractivity contribution is -0.119. The van der Waals surface area contributed by atoms with Gasteiger partial charge in [0, 0.05) is 25.7 Å². The maximum absolute atomic E-state index is 12.4. The normalized spacial score (nSPS) is 14.0. The van der Waals surface area contributed by atoms with Gasteiger partial charge in [-0.15, -0.1) is 0 Å². The van der Waals surface area contributed by atoms with Crippen molar-refractivity contribution in [3.8, 4) is 29.1 Å². The van der Waals surface area contributed by atoms with Crippen molar-refractivity contribution in [2.45, 2.75) is 0 Å². The van der Waals surface area contributed by atoms with Crippen molar-refractivity contribution in [2.75, 3.05) is 20.6 Å². The van der Waals surface area contributed by atoms with Crippen molar-refractivity contribution in [1.29, 1.82) is 5.26 Å². The molecule has 39 heavy (non-hydrogen) atoms. The molecule has 2 heterocycles. The van der Waals surface area contributed by atoms with E-state index >= 15 is 0 Å². The van der Waals surface area contributed by atoms with Crippen molar-refractivity contribution in [3.05, 3.63) is 95.5 Å². The number of hydrogen-bond acceptors (Lipinski definition) is 9. The molecule has 0 saturated carbocycles. The molecule has 3 aromatic carbocycles. The van der Waals surface area contributed by atoms with E-state index in [2.05, 4.69) is 26.7 Å². The highest BCUT2D eigenvalue weighted by atomic mass is 16.5. The summed E-state index contributed by atoms with van der Waals surface area (Å²) < 4.78 is 17.8. The maximum Gasteiger partial charge on any atom is 0.304 e. The van der Waals surface area contributed by atoms with E-state index in [0.29, 0.717) is 28.4 Å². The molecule has 194 valence electrons. The van der Waals surface area contributed by atoms with E-state index in [0.717, 1.165) is 0 Å². The number of hydrogen-bond donors (Lipinski definition) is 2. The molecule has 0 fully saturated rings. The largest absolute Gasteiger partial charge is 0.457 e. The molecule has 0 radical (unpaired) electrons. The first-order valence-electron chi connectivity index (χ1n) is 11.8. The van der Waals surface area contributed by atoms with Gasteiger partial charge in [0.15, 0.2) is 5.84 Å². The molecule has 2 aliphatic rings. The van der Waals surface area contributed by atoms with Crippen LogP contribution in [0.4, 0.5) is 0 Å². The number of nitrogens with one attached hydrogen (secondary N) is 2. The van der Waals surface area contributed by atoms with Crippen LogP contribution in [-0.2, 0) is 4.79 Å². The minimum Gasteiger partial charge on any atom is -0.457 e. The number of para-hydroxylation sites is 1. The number of rotatable bonds is 6. The highest BCUT2D eigenvalue weighted by molar-refractivity contribution is 6.13. The SMILES string of the molecule is CN(C)C(=O)c1cccc(OC2=NC(Oc3cc(C#N)cc(Oc4ccccc4)c3)=C3NC(=O)CN=C3N2)c1. The first kappa shape index (κ1) is 25.0. The van der Waals surface area contributed by atoms with Gasteiger partial charge in [-0.3, -0.25) is 19.9 Å². The predicted octanol–water partition coefficient (Wildman–Crippen LogP) is 3.17. The number of carbonyl (C=O) groups is 2. The summed E-state index contributed by atoms with van der Waals surface area (Å²) in [5.74, 6) is 1.29. The first-order chi connectivity index (χ1) is 18.9. The lowest BCUT2D eigenvalue weighted by Gasteiger charge is -2.25. The molecule has 3 aromatic rings. The van der Waals surface area contributed by atoms with Crippen LogP contribution < -0.4 is 24.8 Å². The third kappa shape index (κ3) is 5.86. The van der Waals surface area contributed by atoms with E-state index in [-0.39, 0.29) is 47.5 Å². The molecule has 11 nitrogen and oxygen atoms in total. The first-order valence-corrected chi connectivity index (χ1v) is 11.8. The van der Waals surface area contributed by atoms with Gasteiger partial charge in [0.05, 0.1) is 11.6 Å². The summed E-state index contributed by atoms with van der Waals surface area (Å²) in [6.07, 6.45) is 0. The Labute approximate surface area is 223 Å². The van der Waals surface area contributed by atoms with Crippen molar-refractivity contribution >= 4 is 23.7 Å². The Morgan fingerprint density at radius 1 is 0.897 bits per heavy atom. The maximum atomic E-state index is 12.4. The second-order valence-electron chi connectivity index (χ2n) is 8.59. The Hall–Kier alpha value is -5.63. The van der Waals surface area contributed by atoms with Crippen LogP contribution in [0.1, 0.15) is 15.9 Å². The Kier molecular flexibility index (Phi) is 6.92. The fourth-order valence-electron chi connectivity index (χ4n) is 3.68. The van der Waals surface area contributed by atoms with Gasteiger partial charge in [-0.05, 0) is 42.5 Å². The van der Waals surface area contributed by atoms with Gasteiger partial charge < -0.3 is 24.4 Å². The van der Waals surface area contributed by atoms with E-state index in [9.17, 15) is 14.9 Å². The van der Waals surface area contributed by atoms with Gasteiger partial charge in [-0.25, -0.2) is 0 Å². The van der Waals surface area contributed by atoms with E-state index < -0.39 is 0 Å². The van der Waals surface area contributed by atoms with Crippen LogP contribution in [0.3, 0.4) is 0 Å². The van der Waals surface area contributed by atoms with Crippen molar-refractivity contribution in [1.82, 2.24) is 15.5 Å². The highest BCUT2D eigenvalue weighted by Gasteiger charge is 2.29. The third-order valence-corrected chi connectivity index (χ3v) is 5.43. The van der Waals surface area contributed by atoms with E-state index in [1.165, 1.54) is 11.0 Å². The lowest BCUT2D eigenvalue weighted by Crippen LogP contribution is -2.48. The monoisotopic (exact) mass is 522 g/mol. The summed E-state index contributed by atoms with van der Waals surface area (Å²) in [6.45, 7) is -0.0990. The predicted molar refractivity (Wildman–Crippen MR) is 141 cm³/mol. The number of nitriles is 1. The van der Waals surface area contributed by atoms with Crippen LogP contribution in [0.15, 0.2) is 94.4 Å². The highest BCUT2D eigenvalue weighted by Crippen LogP contribution is 2.29. The number of aliphatic imine (C=N–C) groups is 2. The topological polar surface area (TPSA) is 138 Å². The molecule has 0 atom stereocenters. The summed E-state index contributed by atoms with van der Waals surface area (Å²) in [5.41, 5.74) is 0.938. The van der Waals surface area contributed by atoms with Gasteiger partial charge in [0.2, 0.25) is 5.91 Å². The molecular formula is C28H22N6O5. The third-order valence-electron chi connectivity index (χ3n) is 5.43. The quantitative estimate of drug-likeness (QED) is 0.507. The molecule has 2 aliphatic heterocycles. The Bertz CT molecular complexity index is 1590. The van der Waals surface area contributed by atoms with Gasteiger partial charge in [0.1, 0.15) is 35.2 Å². The zero-order valence-electron chi connectivity index (χ0n) is 21.0. The van der Waals surface area contributed by atoms with Crippen LogP contribution >= 0.6 is 0 Å². The molecule has 0 aliphatic carbocycles. The molecule has 2 N–H and O–H groups in total. The van der Waals surface area contributed by atoms with Crippen LogP contribution in [0, 0.1) is 11.3 Å². The average Bonchev–Trinajstić information content (AvgIpc) is 2.93. The smallest absolute Gasteiger partial charge is 0.304 e. The van der Waals surface area contributed by atoms with Crippen LogP contribution in [0.5, 0.6) is 23.0 Å². The zero-order valence-corrected chi connectivity index (χ0v) is 21.0. The Balaban J connectivity index is 1.46. The molecule has 0 aromatic heterocycles. The van der Waals surface area contributed by atoms with Gasteiger partial charge in [0.25, 0.3) is 11.8 Å². The van der Waals surface area contributed by atoms with E-state index in [4.69, 9.17) is 14.2 Å². The van der Waals surface area contributed by atoms with E-state index in [1.54, 1.807) is 62.6 Å².